The number of nitrogens with one attached hydrogen (secondary N) is 1. The smallest absolute Gasteiger partial charge is 0.183 e. The van der Waals surface area contributed by atoms with E-state index in [-0.39, 0.29) is 0 Å². The predicted octanol–water partition coefficient (Wildman–Crippen LogP) is 4.66. The monoisotopic (exact) mass is 367 g/mol. The largest absolute Gasteiger partial charge is 0.380 e. The van der Waals surface area contributed by atoms with Crippen molar-refractivity contribution >= 4 is 28.6 Å². The average molecular weight is 368 g/mol. The van der Waals surface area contributed by atoms with E-state index in [0.717, 1.165) is 27.5 Å². The summed E-state index contributed by atoms with van der Waals surface area (Å²) in [4.78, 5) is 5.13. The molecule has 25 heavy (non-hydrogen) atoms. The van der Waals surface area contributed by atoms with Crippen molar-refractivity contribution in [2.45, 2.75) is 6.54 Å². The molecule has 124 valence electrons. The summed E-state index contributed by atoms with van der Waals surface area (Å²) in [7, 11) is 0. The molecule has 0 spiro atoms. The first-order valence-corrected chi connectivity index (χ1v) is 8.90. The molecule has 0 bridgehead atoms. The van der Waals surface area contributed by atoms with Crippen LogP contribution in [0.4, 0.5) is 5.69 Å². The zero-order valence-corrected chi connectivity index (χ0v) is 14.7. The summed E-state index contributed by atoms with van der Waals surface area (Å²) in [6, 6.07) is 18.2. The van der Waals surface area contributed by atoms with Crippen LogP contribution in [0.1, 0.15) is 4.88 Å². The molecule has 0 aliphatic heterocycles. The Morgan fingerprint density at radius 3 is 2.52 bits per heavy atom. The third kappa shape index (κ3) is 3.55. The van der Waals surface area contributed by atoms with E-state index in [4.69, 9.17) is 11.6 Å². The summed E-state index contributed by atoms with van der Waals surface area (Å²) in [5, 5.41) is 11.6. The Balaban J connectivity index is 1.52. The Labute approximate surface area is 153 Å². The Bertz CT molecular complexity index is 963. The second kappa shape index (κ2) is 7.04. The lowest BCUT2D eigenvalue weighted by Crippen LogP contribution is -2.01. The molecule has 0 aliphatic carbocycles. The van der Waals surface area contributed by atoms with Gasteiger partial charge in [0.15, 0.2) is 4.47 Å². The van der Waals surface area contributed by atoms with Crippen molar-refractivity contribution in [2.75, 3.05) is 5.32 Å². The van der Waals surface area contributed by atoms with Gasteiger partial charge in [0.25, 0.3) is 0 Å². The molecule has 0 fully saturated rings. The number of hydrogen-bond donors (Lipinski definition) is 1. The molecule has 1 N–H and O–H groups in total. The van der Waals surface area contributed by atoms with Gasteiger partial charge in [-0.15, -0.1) is 16.4 Å². The molecule has 5 nitrogen and oxygen atoms in total. The van der Waals surface area contributed by atoms with Gasteiger partial charge < -0.3 is 5.32 Å². The Kier molecular flexibility index (Phi) is 4.45. The van der Waals surface area contributed by atoms with Gasteiger partial charge in [0.05, 0.1) is 24.1 Å². The van der Waals surface area contributed by atoms with Gasteiger partial charge in [0.1, 0.15) is 0 Å². The zero-order valence-electron chi connectivity index (χ0n) is 13.1. The van der Waals surface area contributed by atoms with E-state index in [1.54, 1.807) is 12.4 Å². The lowest BCUT2D eigenvalue weighted by molar-refractivity contribution is 0.808. The van der Waals surface area contributed by atoms with E-state index < -0.39 is 0 Å². The number of anilines is 1. The topological polar surface area (TPSA) is 55.6 Å². The lowest BCUT2D eigenvalue weighted by Gasteiger charge is -2.08. The van der Waals surface area contributed by atoms with Crippen LogP contribution in [0.25, 0.3) is 16.9 Å². The summed E-state index contributed by atoms with van der Waals surface area (Å²) >= 11 is 7.33. The molecule has 7 heteroatoms. The number of rotatable bonds is 5. The SMILES string of the molecule is Clc1ncc(CNc2ccc(-n3nncc3-c3ccccc3)cc2)s1. The summed E-state index contributed by atoms with van der Waals surface area (Å²) < 4.78 is 2.40. The average Bonchev–Trinajstić information content (AvgIpc) is 3.30. The molecule has 2 aromatic heterocycles. The van der Waals surface area contributed by atoms with Crippen LogP contribution in [0.5, 0.6) is 0 Å². The molecule has 4 rings (SSSR count). The van der Waals surface area contributed by atoms with Crippen LogP contribution in [-0.4, -0.2) is 20.0 Å². The van der Waals surface area contributed by atoms with Crippen LogP contribution >= 0.6 is 22.9 Å². The van der Waals surface area contributed by atoms with Gasteiger partial charge >= 0.3 is 0 Å². The maximum Gasteiger partial charge on any atom is 0.183 e. The van der Waals surface area contributed by atoms with Gasteiger partial charge in [-0.2, -0.15) is 0 Å². The molecule has 0 amide bonds. The maximum absolute atomic E-state index is 5.85. The summed E-state index contributed by atoms with van der Waals surface area (Å²) in [5.41, 5.74) is 4.02. The second-order valence-electron chi connectivity index (χ2n) is 5.38. The van der Waals surface area contributed by atoms with Crippen molar-refractivity contribution in [3.8, 4) is 16.9 Å². The molecule has 0 unspecified atom stereocenters. The molecule has 2 aromatic carbocycles. The lowest BCUT2D eigenvalue weighted by atomic mass is 10.1. The second-order valence-corrected chi connectivity index (χ2v) is 7.07. The maximum atomic E-state index is 5.85. The quantitative estimate of drug-likeness (QED) is 0.557. The fraction of sp³-hybridized carbons (Fsp3) is 0.0556. The minimum absolute atomic E-state index is 0.562. The first-order valence-electron chi connectivity index (χ1n) is 7.70. The minimum atomic E-state index is 0.562. The van der Waals surface area contributed by atoms with E-state index >= 15 is 0 Å². The molecular weight excluding hydrogens is 354 g/mol. The Morgan fingerprint density at radius 1 is 1.00 bits per heavy atom. The van der Waals surface area contributed by atoms with Gasteiger partial charge in [0.2, 0.25) is 0 Å². The van der Waals surface area contributed by atoms with Gasteiger partial charge in [-0.1, -0.05) is 47.1 Å². The van der Waals surface area contributed by atoms with E-state index in [1.807, 2.05) is 59.3 Å². The van der Waals surface area contributed by atoms with Gasteiger partial charge in [-0.25, -0.2) is 9.67 Å². The summed E-state index contributed by atoms with van der Waals surface area (Å²) in [6.07, 6.45) is 3.56. The van der Waals surface area contributed by atoms with Gasteiger partial charge in [0, 0.05) is 22.3 Å². The Morgan fingerprint density at radius 2 is 1.80 bits per heavy atom. The molecule has 4 aromatic rings. The van der Waals surface area contributed by atoms with E-state index in [1.165, 1.54) is 11.3 Å². The van der Waals surface area contributed by atoms with Crippen molar-refractivity contribution in [3.63, 3.8) is 0 Å². The Hall–Kier alpha value is -2.70. The molecule has 2 heterocycles. The third-order valence-corrected chi connectivity index (χ3v) is 4.84. The third-order valence-electron chi connectivity index (χ3n) is 3.72. The fourth-order valence-corrected chi connectivity index (χ4v) is 3.42. The molecular formula is C18H14ClN5S. The van der Waals surface area contributed by atoms with Crippen LogP contribution in [-0.2, 0) is 6.54 Å². The summed E-state index contributed by atoms with van der Waals surface area (Å²) in [6.45, 7) is 0.697. The van der Waals surface area contributed by atoms with Crippen molar-refractivity contribution in [2.24, 2.45) is 0 Å². The molecule has 0 radical (unpaired) electrons. The number of thiazole rings is 1. The highest BCUT2D eigenvalue weighted by Gasteiger charge is 2.08. The standard InChI is InChI=1S/C18H14ClN5S/c19-18-21-11-16(25-18)10-20-14-6-8-15(9-7-14)24-17(12-22-23-24)13-4-2-1-3-5-13/h1-9,11-12,20H,10H2. The first-order chi connectivity index (χ1) is 12.3. The zero-order chi connectivity index (χ0) is 17.1. The molecule has 0 atom stereocenters. The van der Waals surface area contributed by atoms with E-state index in [0.29, 0.717) is 11.0 Å². The van der Waals surface area contributed by atoms with E-state index in [2.05, 4.69) is 20.6 Å². The van der Waals surface area contributed by atoms with Gasteiger partial charge in [-0.05, 0) is 24.3 Å². The van der Waals surface area contributed by atoms with Crippen molar-refractivity contribution in [3.05, 3.63) is 76.3 Å². The highest BCUT2D eigenvalue weighted by Crippen LogP contribution is 2.23. The fourth-order valence-electron chi connectivity index (χ4n) is 2.51. The van der Waals surface area contributed by atoms with Gasteiger partial charge in [-0.3, -0.25) is 0 Å². The molecule has 0 saturated carbocycles. The number of hydrogen-bond acceptors (Lipinski definition) is 5. The number of benzene rings is 2. The summed E-state index contributed by atoms with van der Waals surface area (Å²) in [5.74, 6) is 0. The molecule has 0 aliphatic rings. The van der Waals surface area contributed by atoms with Crippen LogP contribution in [0.15, 0.2) is 67.0 Å². The van der Waals surface area contributed by atoms with Crippen LogP contribution < -0.4 is 5.32 Å². The number of nitrogens with zero attached hydrogens (tertiary/aromatic N) is 4. The van der Waals surface area contributed by atoms with Crippen LogP contribution in [0.2, 0.25) is 4.47 Å². The minimum Gasteiger partial charge on any atom is -0.380 e. The first kappa shape index (κ1) is 15.8. The van der Waals surface area contributed by atoms with E-state index in [9.17, 15) is 0 Å². The van der Waals surface area contributed by atoms with Crippen molar-refractivity contribution < 1.29 is 0 Å². The molecule has 0 saturated heterocycles. The van der Waals surface area contributed by atoms with Crippen LogP contribution in [0.3, 0.4) is 0 Å². The van der Waals surface area contributed by atoms with Crippen molar-refractivity contribution in [1.82, 2.24) is 20.0 Å². The normalized spacial score (nSPS) is 10.8. The van der Waals surface area contributed by atoms with Crippen molar-refractivity contribution in [1.29, 1.82) is 0 Å². The predicted molar refractivity (Wildman–Crippen MR) is 101 cm³/mol. The van der Waals surface area contributed by atoms with Crippen LogP contribution in [0, 0.1) is 0 Å². The highest BCUT2D eigenvalue weighted by atomic mass is 35.5. The highest BCUT2D eigenvalue weighted by molar-refractivity contribution is 7.15. The number of halogens is 1. The number of aromatic nitrogens is 4.